The Bertz CT molecular complexity index is 615. The van der Waals surface area contributed by atoms with E-state index in [-0.39, 0.29) is 24.7 Å². The van der Waals surface area contributed by atoms with Crippen LogP contribution in [0.1, 0.15) is 10.5 Å². The molecule has 1 aromatic carbocycles. The molecule has 1 aromatic heterocycles. The first kappa shape index (κ1) is 14.6. The third-order valence-corrected chi connectivity index (χ3v) is 2.64. The van der Waals surface area contributed by atoms with Gasteiger partial charge in [-0.15, -0.1) is 0 Å². The van der Waals surface area contributed by atoms with E-state index in [1.54, 1.807) is 31.4 Å². The predicted molar refractivity (Wildman–Crippen MR) is 75.2 cm³/mol. The van der Waals surface area contributed by atoms with Gasteiger partial charge in [0.1, 0.15) is 13.2 Å². The Kier molecular flexibility index (Phi) is 4.98. The molecule has 1 N–H and O–H groups in total. The van der Waals surface area contributed by atoms with Crippen molar-refractivity contribution in [1.82, 2.24) is 4.98 Å². The molecule has 6 heteroatoms. The fourth-order valence-electron chi connectivity index (χ4n) is 1.71. The van der Waals surface area contributed by atoms with Gasteiger partial charge in [-0.2, -0.15) is 0 Å². The van der Waals surface area contributed by atoms with E-state index >= 15 is 0 Å². The second-order valence-electron chi connectivity index (χ2n) is 4.00. The number of ether oxygens (including phenoxy) is 3. The largest absolute Gasteiger partial charge is 0.493 e. The van der Waals surface area contributed by atoms with Gasteiger partial charge in [-0.1, -0.05) is 12.1 Å². The molecule has 0 spiro atoms. The Morgan fingerprint density at radius 3 is 2.33 bits per heavy atom. The lowest BCUT2D eigenvalue weighted by molar-refractivity contribution is 0.0684. The van der Waals surface area contributed by atoms with Gasteiger partial charge in [-0.05, 0) is 24.3 Å². The van der Waals surface area contributed by atoms with E-state index in [0.717, 1.165) is 0 Å². The molecule has 2 aromatic rings. The number of para-hydroxylation sites is 2. The Labute approximate surface area is 121 Å². The topological polar surface area (TPSA) is 77.9 Å². The van der Waals surface area contributed by atoms with E-state index in [2.05, 4.69) is 4.98 Å². The minimum atomic E-state index is -1.13. The molecule has 6 nitrogen and oxygen atoms in total. The van der Waals surface area contributed by atoms with Crippen LogP contribution in [0.4, 0.5) is 0 Å². The van der Waals surface area contributed by atoms with Gasteiger partial charge in [-0.3, -0.25) is 0 Å². The number of methoxy groups -OCH3 is 1. The minimum absolute atomic E-state index is 0.116. The smallest absolute Gasteiger partial charge is 0.358 e. The lowest BCUT2D eigenvalue weighted by Crippen LogP contribution is -2.12. The molecule has 0 fully saturated rings. The number of nitrogens with zero attached hydrogens (tertiary/aromatic N) is 1. The normalized spacial score (nSPS) is 9.95. The molecule has 0 aliphatic heterocycles. The van der Waals surface area contributed by atoms with Gasteiger partial charge >= 0.3 is 5.97 Å². The maximum Gasteiger partial charge on any atom is 0.358 e. The van der Waals surface area contributed by atoms with Crippen molar-refractivity contribution in [3.63, 3.8) is 0 Å². The van der Waals surface area contributed by atoms with E-state index in [4.69, 9.17) is 19.3 Å². The molecule has 0 aliphatic rings. The zero-order valence-electron chi connectivity index (χ0n) is 11.5. The van der Waals surface area contributed by atoms with Gasteiger partial charge in [0.25, 0.3) is 0 Å². The molecule has 2 rings (SSSR count). The minimum Gasteiger partial charge on any atom is -0.493 e. The van der Waals surface area contributed by atoms with Crippen LogP contribution in [0.15, 0.2) is 42.6 Å². The van der Waals surface area contributed by atoms with Crippen LogP contribution < -0.4 is 14.2 Å². The summed E-state index contributed by atoms with van der Waals surface area (Å²) in [5.74, 6) is 0.322. The molecular formula is C15H15NO5. The highest BCUT2D eigenvalue weighted by molar-refractivity contribution is 5.88. The average Bonchev–Trinajstić information content (AvgIpc) is 2.52. The number of aromatic carboxylic acids is 1. The zero-order valence-corrected chi connectivity index (χ0v) is 11.5. The number of rotatable bonds is 7. The van der Waals surface area contributed by atoms with E-state index in [1.165, 1.54) is 6.20 Å². The van der Waals surface area contributed by atoms with Crippen molar-refractivity contribution < 1.29 is 24.1 Å². The number of carbonyl (C=O) groups is 1. The van der Waals surface area contributed by atoms with Crippen molar-refractivity contribution in [2.45, 2.75) is 0 Å². The summed E-state index contributed by atoms with van der Waals surface area (Å²) < 4.78 is 16.1. The SMILES string of the molecule is COc1ccccc1OCCOc1cccnc1C(=O)O. The van der Waals surface area contributed by atoms with Crippen LogP contribution in [0, 0.1) is 0 Å². The third-order valence-electron chi connectivity index (χ3n) is 2.64. The molecule has 0 saturated heterocycles. The van der Waals surface area contributed by atoms with E-state index in [0.29, 0.717) is 11.5 Å². The summed E-state index contributed by atoms with van der Waals surface area (Å²) in [6.45, 7) is 0.457. The summed E-state index contributed by atoms with van der Waals surface area (Å²) >= 11 is 0. The van der Waals surface area contributed by atoms with Gasteiger partial charge in [0.05, 0.1) is 7.11 Å². The summed E-state index contributed by atoms with van der Waals surface area (Å²) in [6.07, 6.45) is 1.40. The zero-order chi connectivity index (χ0) is 15.1. The number of aromatic nitrogens is 1. The molecule has 0 saturated carbocycles. The second kappa shape index (κ2) is 7.14. The molecule has 110 valence electrons. The summed E-state index contributed by atoms with van der Waals surface area (Å²) in [6, 6.07) is 10.4. The van der Waals surface area contributed by atoms with Crippen LogP contribution >= 0.6 is 0 Å². The van der Waals surface area contributed by atoms with Gasteiger partial charge < -0.3 is 19.3 Å². The number of hydrogen-bond donors (Lipinski definition) is 1. The first-order chi connectivity index (χ1) is 10.2. The molecule has 0 bridgehead atoms. The Balaban J connectivity index is 1.89. The molecular weight excluding hydrogens is 274 g/mol. The number of hydrogen-bond acceptors (Lipinski definition) is 5. The average molecular weight is 289 g/mol. The van der Waals surface area contributed by atoms with Gasteiger partial charge in [0, 0.05) is 6.20 Å². The maximum atomic E-state index is 11.0. The molecule has 0 unspecified atom stereocenters. The van der Waals surface area contributed by atoms with E-state index in [9.17, 15) is 4.79 Å². The molecule has 0 aliphatic carbocycles. The number of carboxylic acid groups (broad SMARTS) is 1. The van der Waals surface area contributed by atoms with E-state index in [1.807, 2.05) is 12.1 Å². The van der Waals surface area contributed by atoms with Crippen LogP contribution in [-0.2, 0) is 0 Å². The molecule has 0 amide bonds. The highest BCUT2D eigenvalue weighted by Crippen LogP contribution is 2.25. The van der Waals surface area contributed by atoms with Crippen LogP contribution in [0.3, 0.4) is 0 Å². The number of carboxylic acids is 1. The standard InChI is InChI=1S/C15H15NO5/c1-19-11-5-2-3-6-12(11)20-9-10-21-13-7-4-8-16-14(13)15(17)18/h2-8H,9-10H2,1H3,(H,17,18). The summed E-state index contributed by atoms with van der Waals surface area (Å²) in [5, 5.41) is 8.98. The second-order valence-corrected chi connectivity index (χ2v) is 4.00. The third kappa shape index (κ3) is 3.85. The first-order valence-electron chi connectivity index (χ1n) is 6.29. The quantitative estimate of drug-likeness (QED) is 0.788. The lowest BCUT2D eigenvalue weighted by Gasteiger charge is -2.11. The first-order valence-corrected chi connectivity index (χ1v) is 6.29. The summed E-state index contributed by atoms with van der Waals surface area (Å²) in [7, 11) is 1.56. The van der Waals surface area contributed by atoms with E-state index < -0.39 is 5.97 Å². The molecule has 1 heterocycles. The predicted octanol–water partition coefficient (Wildman–Crippen LogP) is 2.25. The van der Waals surface area contributed by atoms with Gasteiger partial charge in [-0.25, -0.2) is 9.78 Å². The Morgan fingerprint density at radius 1 is 1.05 bits per heavy atom. The molecule has 0 atom stereocenters. The Hall–Kier alpha value is -2.76. The molecule has 0 radical (unpaired) electrons. The fourth-order valence-corrected chi connectivity index (χ4v) is 1.71. The monoisotopic (exact) mass is 289 g/mol. The summed E-state index contributed by atoms with van der Waals surface area (Å²) in [4.78, 5) is 14.7. The summed E-state index contributed by atoms with van der Waals surface area (Å²) in [5.41, 5.74) is -0.116. The van der Waals surface area contributed by atoms with Crippen molar-refractivity contribution >= 4 is 5.97 Å². The van der Waals surface area contributed by atoms with Crippen molar-refractivity contribution in [3.8, 4) is 17.2 Å². The van der Waals surface area contributed by atoms with Crippen LogP contribution in [0.5, 0.6) is 17.2 Å². The van der Waals surface area contributed by atoms with Crippen molar-refractivity contribution in [2.24, 2.45) is 0 Å². The van der Waals surface area contributed by atoms with Crippen molar-refractivity contribution in [3.05, 3.63) is 48.3 Å². The van der Waals surface area contributed by atoms with Crippen LogP contribution in [0.2, 0.25) is 0 Å². The van der Waals surface area contributed by atoms with Crippen molar-refractivity contribution in [1.29, 1.82) is 0 Å². The van der Waals surface area contributed by atoms with Crippen molar-refractivity contribution in [2.75, 3.05) is 20.3 Å². The van der Waals surface area contributed by atoms with Crippen LogP contribution in [0.25, 0.3) is 0 Å². The van der Waals surface area contributed by atoms with Crippen LogP contribution in [-0.4, -0.2) is 36.4 Å². The number of benzene rings is 1. The lowest BCUT2D eigenvalue weighted by atomic mass is 10.3. The maximum absolute atomic E-state index is 11.0. The highest BCUT2D eigenvalue weighted by Gasteiger charge is 2.12. The Morgan fingerprint density at radius 2 is 1.67 bits per heavy atom. The highest BCUT2D eigenvalue weighted by atomic mass is 16.5. The molecule has 21 heavy (non-hydrogen) atoms. The number of pyridine rings is 1. The van der Waals surface area contributed by atoms with Gasteiger partial charge in [0.15, 0.2) is 22.9 Å². The van der Waals surface area contributed by atoms with Gasteiger partial charge in [0.2, 0.25) is 0 Å². The fraction of sp³-hybridized carbons (Fsp3) is 0.200.